The zero-order valence-electron chi connectivity index (χ0n) is 14.3. The number of hydrogen-bond acceptors (Lipinski definition) is 3. The third-order valence-corrected chi connectivity index (χ3v) is 5.82. The molecule has 4 heteroatoms. The number of hydrogen-bond donors (Lipinski definition) is 1. The Bertz CT molecular complexity index is 804. The van der Waals surface area contributed by atoms with Gasteiger partial charge in [-0.15, -0.1) is 11.3 Å². The smallest absolute Gasteiger partial charge is 0.232 e. The zero-order valence-corrected chi connectivity index (χ0v) is 15.1. The molecule has 1 N–H and O–H groups in total. The Morgan fingerprint density at radius 1 is 1.16 bits per heavy atom. The first-order valence-electron chi connectivity index (χ1n) is 8.54. The number of carbonyl (C=O) groups is 2. The summed E-state index contributed by atoms with van der Waals surface area (Å²) < 4.78 is 0. The summed E-state index contributed by atoms with van der Waals surface area (Å²) in [6.45, 7) is 1.88. The highest BCUT2D eigenvalue weighted by Gasteiger charge is 2.43. The van der Waals surface area contributed by atoms with E-state index in [-0.39, 0.29) is 17.1 Å². The Balaban J connectivity index is 1.62. The van der Waals surface area contributed by atoms with Crippen LogP contribution in [0, 0.1) is 11.8 Å². The molecule has 2 aromatic rings. The first-order valence-corrected chi connectivity index (χ1v) is 9.42. The van der Waals surface area contributed by atoms with Crippen LogP contribution in [-0.2, 0) is 10.2 Å². The number of thiophene rings is 1. The summed E-state index contributed by atoms with van der Waals surface area (Å²) in [5, 5.41) is 5.03. The van der Waals surface area contributed by atoms with Crippen molar-refractivity contribution in [1.82, 2.24) is 5.32 Å². The number of rotatable bonds is 4. The van der Waals surface area contributed by atoms with E-state index in [1.54, 1.807) is 30.4 Å². The standard InChI is InChI=1S/C21H21NO2S/c1-16(23)18-10-8-17(9-11-18)6-4-14-22-20(24)21(12-2-3-13-21)19-7-5-15-25-19/h5,7-11,15H,2-3,12-14H2,1H3,(H,22,24). The second kappa shape index (κ2) is 7.67. The minimum absolute atomic E-state index is 0.0437. The normalized spacial score (nSPS) is 15.2. The SMILES string of the molecule is CC(=O)c1ccc(C#CCNC(=O)C2(c3cccs3)CCCC2)cc1. The van der Waals surface area contributed by atoms with Crippen molar-refractivity contribution in [2.45, 2.75) is 38.0 Å². The summed E-state index contributed by atoms with van der Waals surface area (Å²) in [7, 11) is 0. The molecule has 1 aliphatic carbocycles. The van der Waals surface area contributed by atoms with E-state index in [2.05, 4.69) is 23.2 Å². The fraction of sp³-hybridized carbons (Fsp3) is 0.333. The van der Waals surface area contributed by atoms with E-state index in [4.69, 9.17) is 0 Å². The van der Waals surface area contributed by atoms with Crippen LogP contribution in [-0.4, -0.2) is 18.2 Å². The molecular weight excluding hydrogens is 330 g/mol. The van der Waals surface area contributed by atoms with Crippen molar-refractivity contribution >= 4 is 23.0 Å². The maximum absolute atomic E-state index is 12.8. The van der Waals surface area contributed by atoms with Crippen LogP contribution in [0.15, 0.2) is 41.8 Å². The number of nitrogens with one attached hydrogen (secondary N) is 1. The van der Waals surface area contributed by atoms with Gasteiger partial charge >= 0.3 is 0 Å². The molecule has 0 spiro atoms. The lowest BCUT2D eigenvalue weighted by Gasteiger charge is -2.26. The molecule has 0 saturated heterocycles. The predicted molar refractivity (Wildman–Crippen MR) is 101 cm³/mol. The van der Waals surface area contributed by atoms with Crippen LogP contribution in [0.4, 0.5) is 0 Å². The highest BCUT2D eigenvalue weighted by molar-refractivity contribution is 7.10. The van der Waals surface area contributed by atoms with Gasteiger partial charge in [0.1, 0.15) is 0 Å². The van der Waals surface area contributed by atoms with Crippen molar-refractivity contribution in [3.8, 4) is 11.8 Å². The first-order chi connectivity index (χ1) is 12.1. The molecule has 1 aliphatic rings. The van der Waals surface area contributed by atoms with E-state index in [1.807, 2.05) is 23.6 Å². The third kappa shape index (κ3) is 3.83. The van der Waals surface area contributed by atoms with Gasteiger partial charge in [0, 0.05) is 16.0 Å². The van der Waals surface area contributed by atoms with E-state index in [0.717, 1.165) is 36.1 Å². The minimum Gasteiger partial charge on any atom is -0.344 e. The summed E-state index contributed by atoms with van der Waals surface area (Å²) in [4.78, 5) is 25.2. The molecule has 0 atom stereocenters. The largest absolute Gasteiger partial charge is 0.344 e. The van der Waals surface area contributed by atoms with Crippen LogP contribution in [0.25, 0.3) is 0 Å². The van der Waals surface area contributed by atoms with Crippen molar-refractivity contribution in [1.29, 1.82) is 0 Å². The van der Waals surface area contributed by atoms with Gasteiger partial charge in [0.05, 0.1) is 12.0 Å². The molecule has 0 unspecified atom stereocenters. The molecule has 1 saturated carbocycles. The highest BCUT2D eigenvalue weighted by atomic mass is 32.1. The van der Waals surface area contributed by atoms with Gasteiger partial charge in [-0.1, -0.05) is 42.9 Å². The average Bonchev–Trinajstić information content (AvgIpc) is 3.30. The Hall–Kier alpha value is -2.38. The Kier molecular flexibility index (Phi) is 5.35. The maximum atomic E-state index is 12.8. The molecule has 0 radical (unpaired) electrons. The number of benzene rings is 1. The highest BCUT2D eigenvalue weighted by Crippen LogP contribution is 2.43. The van der Waals surface area contributed by atoms with Gasteiger partial charge < -0.3 is 5.32 Å². The van der Waals surface area contributed by atoms with Gasteiger partial charge in [0.15, 0.2) is 5.78 Å². The lowest BCUT2D eigenvalue weighted by atomic mass is 9.83. The van der Waals surface area contributed by atoms with Gasteiger partial charge in [-0.3, -0.25) is 9.59 Å². The molecule has 0 bridgehead atoms. The average molecular weight is 351 g/mol. The van der Waals surface area contributed by atoms with Crippen LogP contribution >= 0.6 is 11.3 Å². The summed E-state index contributed by atoms with van der Waals surface area (Å²) >= 11 is 1.66. The van der Waals surface area contributed by atoms with Crippen LogP contribution < -0.4 is 5.32 Å². The number of amides is 1. The summed E-state index contributed by atoms with van der Waals surface area (Å²) in [5.74, 6) is 6.17. The van der Waals surface area contributed by atoms with Gasteiger partial charge in [-0.05, 0) is 43.3 Å². The monoisotopic (exact) mass is 351 g/mol. The van der Waals surface area contributed by atoms with Crippen molar-refractivity contribution in [2.24, 2.45) is 0 Å². The molecular formula is C21H21NO2S. The lowest BCUT2D eigenvalue weighted by molar-refractivity contribution is -0.126. The zero-order chi connectivity index (χ0) is 17.7. The molecule has 0 aliphatic heterocycles. The number of ketones is 1. The van der Waals surface area contributed by atoms with Crippen molar-refractivity contribution < 1.29 is 9.59 Å². The summed E-state index contributed by atoms with van der Waals surface area (Å²) in [6, 6.07) is 11.3. The van der Waals surface area contributed by atoms with Gasteiger partial charge in [0.2, 0.25) is 5.91 Å². The fourth-order valence-electron chi connectivity index (χ4n) is 3.34. The molecule has 128 valence electrons. The number of Topliss-reactive ketones (excluding diaryl/α,β-unsaturated/α-hetero) is 1. The maximum Gasteiger partial charge on any atom is 0.232 e. The van der Waals surface area contributed by atoms with Crippen LogP contribution in [0.2, 0.25) is 0 Å². The summed E-state index contributed by atoms with van der Waals surface area (Å²) in [6.07, 6.45) is 4.03. The first kappa shape index (κ1) is 17.4. The predicted octanol–water partition coefficient (Wildman–Crippen LogP) is 3.93. The van der Waals surface area contributed by atoms with Crippen LogP contribution in [0.3, 0.4) is 0 Å². The lowest BCUT2D eigenvalue weighted by Crippen LogP contribution is -2.42. The quantitative estimate of drug-likeness (QED) is 0.670. The van der Waals surface area contributed by atoms with Crippen LogP contribution in [0.5, 0.6) is 0 Å². The van der Waals surface area contributed by atoms with E-state index in [1.165, 1.54) is 0 Å². The summed E-state index contributed by atoms with van der Waals surface area (Å²) in [5.41, 5.74) is 1.16. The molecule has 1 heterocycles. The topological polar surface area (TPSA) is 46.2 Å². The number of carbonyl (C=O) groups excluding carboxylic acids is 2. The Morgan fingerprint density at radius 3 is 2.48 bits per heavy atom. The van der Waals surface area contributed by atoms with Gasteiger partial charge in [-0.2, -0.15) is 0 Å². The van der Waals surface area contributed by atoms with E-state index in [9.17, 15) is 9.59 Å². The molecule has 1 fully saturated rings. The molecule has 1 aromatic carbocycles. The van der Waals surface area contributed by atoms with Gasteiger partial charge in [-0.25, -0.2) is 0 Å². The Morgan fingerprint density at radius 2 is 1.88 bits per heavy atom. The Labute approximate surface area is 152 Å². The van der Waals surface area contributed by atoms with E-state index in [0.29, 0.717) is 12.1 Å². The molecule has 3 rings (SSSR count). The van der Waals surface area contributed by atoms with E-state index < -0.39 is 0 Å². The van der Waals surface area contributed by atoms with E-state index >= 15 is 0 Å². The molecule has 1 amide bonds. The molecule has 1 aromatic heterocycles. The fourth-order valence-corrected chi connectivity index (χ4v) is 4.33. The van der Waals surface area contributed by atoms with Gasteiger partial charge in [0.25, 0.3) is 0 Å². The second-order valence-corrected chi connectivity index (χ2v) is 7.33. The molecule has 25 heavy (non-hydrogen) atoms. The van der Waals surface area contributed by atoms with Crippen LogP contribution in [0.1, 0.15) is 53.4 Å². The van der Waals surface area contributed by atoms with Crippen molar-refractivity contribution in [2.75, 3.05) is 6.54 Å². The third-order valence-electron chi connectivity index (χ3n) is 4.75. The van der Waals surface area contributed by atoms with Crippen molar-refractivity contribution in [3.63, 3.8) is 0 Å². The minimum atomic E-state index is -0.362. The molecule has 3 nitrogen and oxygen atoms in total. The van der Waals surface area contributed by atoms with Crippen molar-refractivity contribution in [3.05, 3.63) is 57.8 Å². The second-order valence-electron chi connectivity index (χ2n) is 6.38.